The van der Waals surface area contributed by atoms with E-state index in [1.165, 1.54) is 44.3 Å². The van der Waals surface area contributed by atoms with Gasteiger partial charge >= 0.3 is 0 Å². The third kappa shape index (κ3) is 3.24. The Labute approximate surface area is 124 Å². The minimum Gasteiger partial charge on any atom is -0.326 e. The molecule has 2 rings (SSSR count). The van der Waals surface area contributed by atoms with Crippen LogP contribution < -0.4 is 5.73 Å². The first-order valence-corrected chi connectivity index (χ1v) is 8.27. The number of benzene rings is 1. The molecule has 1 aliphatic rings. The third-order valence-electron chi connectivity index (χ3n) is 5.24. The van der Waals surface area contributed by atoms with Crippen molar-refractivity contribution < 1.29 is 0 Å². The van der Waals surface area contributed by atoms with E-state index in [-0.39, 0.29) is 11.6 Å². The highest BCUT2D eigenvalue weighted by molar-refractivity contribution is 5.15. The van der Waals surface area contributed by atoms with Crippen molar-refractivity contribution >= 4 is 0 Å². The van der Waals surface area contributed by atoms with Gasteiger partial charge in [-0.25, -0.2) is 0 Å². The Bertz CT molecular complexity index is 378. The summed E-state index contributed by atoms with van der Waals surface area (Å²) in [6, 6.07) is 11.0. The number of aryl methyl sites for hydroxylation is 1. The van der Waals surface area contributed by atoms with Gasteiger partial charge in [0, 0.05) is 11.6 Å². The molecular weight excluding hydrogens is 244 g/mol. The highest BCUT2D eigenvalue weighted by atomic mass is 15.2. The number of rotatable bonds is 7. The normalized spacial score (nSPS) is 18.4. The van der Waals surface area contributed by atoms with Crippen molar-refractivity contribution in [3.8, 4) is 0 Å². The van der Waals surface area contributed by atoms with Crippen LogP contribution in [0.3, 0.4) is 0 Å². The fourth-order valence-corrected chi connectivity index (χ4v) is 3.85. The number of nitrogens with two attached hydrogens (primary N) is 1. The van der Waals surface area contributed by atoms with Crippen LogP contribution in [0.5, 0.6) is 0 Å². The van der Waals surface area contributed by atoms with E-state index in [9.17, 15) is 0 Å². The standard InChI is InChI=1S/C18H30N2/c1-3-18(4-2,20-14-8-9-15-20)17(19)13-12-16-10-6-5-7-11-16/h5-7,10-11,17H,3-4,8-9,12-15,19H2,1-2H3. The molecule has 2 heteroatoms. The maximum atomic E-state index is 6.66. The Morgan fingerprint density at radius 2 is 1.70 bits per heavy atom. The molecule has 2 N–H and O–H groups in total. The highest BCUT2D eigenvalue weighted by Gasteiger charge is 2.39. The molecule has 0 bridgehead atoms. The molecule has 1 aromatic rings. The monoisotopic (exact) mass is 274 g/mol. The Hall–Kier alpha value is -0.860. The van der Waals surface area contributed by atoms with Crippen LogP contribution >= 0.6 is 0 Å². The molecule has 0 saturated carbocycles. The first-order valence-electron chi connectivity index (χ1n) is 8.27. The van der Waals surface area contributed by atoms with E-state index in [1.54, 1.807) is 0 Å². The Morgan fingerprint density at radius 1 is 1.10 bits per heavy atom. The molecule has 0 radical (unpaired) electrons. The maximum Gasteiger partial charge on any atom is 0.0355 e. The smallest absolute Gasteiger partial charge is 0.0355 e. The molecule has 2 nitrogen and oxygen atoms in total. The van der Waals surface area contributed by atoms with Crippen LogP contribution in [0.15, 0.2) is 30.3 Å². The van der Waals surface area contributed by atoms with Crippen LogP contribution in [0, 0.1) is 0 Å². The number of hydrogen-bond acceptors (Lipinski definition) is 2. The van der Waals surface area contributed by atoms with Gasteiger partial charge in [-0.3, -0.25) is 4.90 Å². The zero-order valence-electron chi connectivity index (χ0n) is 13.1. The summed E-state index contributed by atoms with van der Waals surface area (Å²) in [6.07, 6.45) is 7.19. The van der Waals surface area contributed by atoms with Gasteiger partial charge in [0.05, 0.1) is 0 Å². The zero-order valence-corrected chi connectivity index (χ0v) is 13.1. The highest BCUT2D eigenvalue weighted by Crippen LogP contribution is 2.32. The molecule has 20 heavy (non-hydrogen) atoms. The van der Waals surface area contributed by atoms with Gasteiger partial charge in [0.2, 0.25) is 0 Å². The summed E-state index contributed by atoms with van der Waals surface area (Å²) < 4.78 is 0. The molecule has 1 atom stereocenters. The molecule has 1 unspecified atom stereocenters. The summed E-state index contributed by atoms with van der Waals surface area (Å²) in [7, 11) is 0. The predicted molar refractivity (Wildman–Crippen MR) is 86.9 cm³/mol. The average Bonchev–Trinajstić information content (AvgIpc) is 3.03. The number of hydrogen-bond donors (Lipinski definition) is 1. The van der Waals surface area contributed by atoms with Crippen LogP contribution in [0.2, 0.25) is 0 Å². The third-order valence-corrected chi connectivity index (χ3v) is 5.24. The minimum absolute atomic E-state index is 0.214. The maximum absolute atomic E-state index is 6.66. The number of likely N-dealkylation sites (tertiary alicyclic amines) is 1. The van der Waals surface area contributed by atoms with E-state index in [2.05, 4.69) is 49.1 Å². The van der Waals surface area contributed by atoms with Crippen LogP contribution in [-0.4, -0.2) is 29.6 Å². The van der Waals surface area contributed by atoms with E-state index in [0.29, 0.717) is 0 Å². The summed E-state index contributed by atoms with van der Waals surface area (Å²) in [6.45, 7) is 7.09. The van der Waals surface area contributed by atoms with Crippen molar-refractivity contribution in [1.82, 2.24) is 4.90 Å². The summed E-state index contributed by atoms with van der Waals surface area (Å²) >= 11 is 0. The van der Waals surface area contributed by atoms with Gasteiger partial charge in [0.1, 0.15) is 0 Å². The van der Waals surface area contributed by atoms with Gasteiger partial charge in [-0.1, -0.05) is 44.2 Å². The Morgan fingerprint density at radius 3 is 2.25 bits per heavy atom. The quantitative estimate of drug-likeness (QED) is 0.823. The summed E-state index contributed by atoms with van der Waals surface area (Å²) in [5, 5.41) is 0. The molecular formula is C18H30N2. The van der Waals surface area contributed by atoms with E-state index in [1.807, 2.05) is 0 Å². The van der Waals surface area contributed by atoms with E-state index in [4.69, 9.17) is 5.73 Å². The summed E-state index contributed by atoms with van der Waals surface area (Å²) in [5.74, 6) is 0. The molecule has 1 aromatic carbocycles. The minimum atomic E-state index is 0.214. The summed E-state index contributed by atoms with van der Waals surface area (Å²) in [4.78, 5) is 2.67. The molecule has 1 fully saturated rings. The zero-order chi connectivity index (χ0) is 14.4. The summed E-state index contributed by atoms with van der Waals surface area (Å²) in [5.41, 5.74) is 8.28. The van der Waals surface area contributed by atoms with Crippen molar-refractivity contribution in [1.29, 1.82) is 0 Å². The van der Waals surface area contributed by atoms with E-state index < -0.39 is 0 Å². The van der Waals surface area contributed by atoms with Crippen molar-refractivity contribution in [3.05, 3.63) is 35.9 Å². The second-order valence-corrected chi connectivity index (χ2v) is 6.14. The largest absolute Gasteiger partial charge is 0.326 e. The first-order chi connectivity index (χ1) is 9.73. The second kappa shape index (κ2) is 7.24. The topological polar surface area (TPSA) is 29.3 Å². The van der Waals surface area contributed by atoms with Gasteiger partial charge in [0.25, 0.3) is 0 Å². The average molecular weight is 274 g/mol. The molecule has 0 aliphatic carbocycles. The lowest BCUT2D eigenvalue weighted by molar-refractivity contribution is 0.0738. The molecule has 0 spiro atoms. The van der Waals surface area contributed by atoms with Gasteiger partial charge in [-0.15, -0.1) is 0 Å². The van der Waals surface area contributed by atoms with Gasteiger partial charge < -0.3 is 5.73 Å². The van der Waals surface area contributed by atoms with Crippen LogP contribution in [-0.2, 0) is 6.42 Å². The van der Waals surface area contributed by atoms with Crippen molar-refractivity contribution in [2.24, 2.45) is 5.73 Å². The fraction of sp³-hybridized carbons (Fsp3) is 0.667. The van der Waals surface area contributed by atoms with Crippen LogP contribution in [0.25, 0.3) is 0 Å². The molecule has 0 aromatic heterocycles. The Balaban J connectivity index is 2.01. The predicted octanol–water partition coefficient (Wildman–Crippen LogP) is 3.60. The van der Waals surface area contributed by atoms with Crippen LogP contribution in [0.1, 0.15) is 51.5 Å². The molecule has 112 valence electrons. The SMILES string of the molecule is CCC(CC)(C(N)CCc1ccccc1)N1CCCC1. The molecule has 1 aliphatic heterocycles. The molecule has 1 heterocycles. The van der Waals surface area contributed by atoms with Gasteiger partial charge in [-0.2, -0.15) is 0 Å². The van der Waals surface area contributed by atoms with Crippen molar-refractivity contribution in [2.75, 3.05) is 13.1 Å². The lowest BCUT2D eigenvalue weighted by Crippen LogP contribution is -2.58. The van der Waals surface area contributed by atoms with E-state index >= 15 is 0 Å². The molecule has 1 saturated heterocycles. The van der Waals surface area contributed by atoms with Crippen molar-refractivity contribution in [3.63, 3.8) is 0 Å². The van der Waals surface area contributed by atoms with E-state index in [0.717, 1.165) is 12.8 Å². The lowest BCUT2D eigenvalue weighted by Gasteiger charge is -2.45. The van der Waals surface area contributed by atoms with Crippen molar-refractivity contribution in [2.45, 2.75) is 64.0 Å². The Kier molecular flexibility index (Phi) is 5.62. The molecule has 0 amide bonds. The van der Waals surface area contributed by atoms with Gasteiger partial charge in [-0.05, 0) is 57.2 Å². The lowest BCUT2D eigenvalue weighted by atomic mass is 9.80. The number of nitrogens with zero attached hydrogens (tertiary/aromatic N) is 1. The van der Waals surface area contributed by atoms with Gasteiger partial charge in [0.15, 0.2) is 0 Å². The second-order valence-electron chi connectivity index (χ2n) is 6.14. The van der Waals surface area contributed by atoms with Crippen LogP contribution in [0.4, 0.5) is 0 Å². The fourth-order valence-electron chi connectivity index (χ4n) is 3.85. The first kappa shape index (κ1) is 15.5.